The Morgan fingerprint density at radius 3 is 2.50 bits per heavy atom. The molecular weight excluding hydrogens is 358 g/mol. The zero-order valence-corrected chi connectivity index (χ0v) is 14.9. The van der Waals surface area contributed by atoms with Crippen LogP contribution in [0.5, 0.6) is 11.5 Å². The van der Waals surface area contributed by atoms with Gasteiger partial charge < -0.3 is 19.3 Å². The van der Waals surface area contributed by atoms with Crippen molar-refractivity contribution in [2.24, 2.45) is 0 Å². The van der Waals surface area contributed by atoms with Crippen LogP contribution in [0, 0.1) is 0 Å². The van der Waals surface area contributed by atoms with Crippen LogP contribution in [0.25, 0.3) is 11.4 Å². The first kappa shape index (κ1) is 17.8. The summed E-state index contributed by atoms with van der Waals surface area (Å²) in [5.74, 6) is 1.11. The fourth-order valence-corrected chi connectivity index (χ4v) is 2.58. The number of benzene rings is 2. The minimum atomic E-state index is -0.373. The minimum absolute atomic E-state index is 0.0631. The van der Waals surface area contributed by atoms with Gasteiger partial charge in [-0.2, -0.15) is 4.98 Å². The molecule has 1 aromatic heterocycles. The highest BCUT2D eigenvalue weighted by molar-refractivity contribution is 6.30. The lowest BCUT2D eigenvalue weighted by molar-refractivity contribution is 0.0940. The summed E-state index contributed by atoms with van der Waals surface area (Å²) < 4.78 is 15.6. The van der Waals surface area contributed by atoms with Gasteiger partial charge in [0.2, 0.25) is 11.7 Å². The SMILES string of the molecule is COc1cccc(OC)c1C(=O)NCc1nc(-c2cccc(Cl)c2)no1. The summed E-state index contributed by atoms with van der Waals surface area (Å²) in [5.41, 5.74) is 1.03. The van der Waals surface area contributed by atoms with Gasteiger partial charge in [-0.15, -0.1) is 0 Å². The molecule has 0 saturated carbocycles. The summed E-state index contributed by atoms with van der Waals surface area (Å²) in [6.45, 7) is 0.0631. The monoisotopic (exact) mass is 373 g/mol. The van der Waals surface area contributed by atoms with Gasteiger partial charge in [0.05, 0.1) is 20.8 Å². The number of carbonyl (C=O) groups excluding carboxylic acids is 1. The summed E-state index contributed by atoms with van der Waals surface area (Å²) >= 11 is 5.96. The lowest BCUT2D eigenvalue weighted by atomic mass is 10.1. The minimum Gasteiger partial charge on any atom is -0.496 e. The van der Waals surface area contributed by atoms with Crippen LogP contribution in [0.4, 0.5) is 0 Å². The zero-order chi connectivity index (χ0) is 18.5. The topological polar surface area (TPSA) is 86.5 Å². The molecule has 0 saturated heterocycles. The first-order valence-electron chi connectivity index (χ1n) is 7.70. The molecule has 0 radical (unpaired) electrons. The van der Waals surface area contributed by atoms with Crippen LogP contribution in [-0.2, 0) is 6.54 Å². The molecular formula is C18H16ClN3O4. The van der Waals surface area contributed by atoms with E-state index in [4.69, 9.17) is 25.6 Å². The van der Waals surface area contributed by atoms with Crippen LogP contribution in [-0.4, -0.2) is 30.3 Å². The number of aromatic nitrogens is 2. The molecule has 0 bridgehead atoms. The molecule has 1 amide bonds. The Balaban J connectivity index is 1.73. The van der Waals surface area contributed by atoms with Crippen LogP contribution >= 0.6 is 11.6 Å². The van der Waals surface area contributed by atoms with Crippen molar-refractivity contribution in [3.05, 3.63) is 58.9 Å². The number of methoxy groups -OCH3 is 2. The fraction of sp³-hybridized carbons (Fsp3) is 0.167. The second kappa shape index (κ2) is 7.88. The van der Waals surface area contributed by atoms with Gasteiger partial charge in [0.1, 0.15) is 17.1 Å². The lowest BCUT2D eigenvalue weighted by Gasteiger charge is -2.12. The van der Waals surface area contributed by atoms with Crippen LogP contribution in [0.15, 0.2) is 47.0 Å². The van der Waals surface area contributed by atoms with E-state index in [-0.39, 0.29) is 18.3 Å². The van der Waals surface area contributed by atoms with Gasteiger partial charge in [0, 0.05) is 10.6 Å². The third-order valence-corrected chi connectivity index (χ3v) is 3.84. The van der Waals surface area contributed by atoms with Gasteiger partial charge in [0.25, 0.3) is 5.91 Å². The first-order chi connectivity index (χ1) is 12.6. The van der Waals surface area contributed by atoms with Crippen LogP contribution in [0.3, 0.4) is 0 Å². The van der Waals surface area contributed by atoms with E-state index >= 15 is 0 Å². The number of nitrogens with one attached hydrogen (secondary N) is 1. The summed E-state index contributed by atoms with van der Waals surface area (Å²) in [4.78, 5) is 16.8. The second-order valence-electron chi connectivity index (χ2n) is 5.24. The van der Waals surface area contributed by atoms with Crippen molar-refractivity contribution in [3.8, 4) is 22.9 Å². The van der Waals surface area contributed by atoms with Crippen molar-refractivity contribution in [1.82, 2.24) is 15.5 Å². The number of nitrogens with zero attached hydrogens (tertiary/aromatic N) is 2. The largest absolute Gasteiger partial charge is 0.496 e. The summed E-state index contributed by atoms with van der Waals surface area (Å²) in [7, 11) is 2.97. The molecule has 134 valence electrons. The Morgan fingerprint density at radius 1 is 1.15 bits per heavy atom. The quantitative estimate of drug-likeness (QED) is 0.713. The molecule has 8 heteroatoms. The van der Waals surface area contributed by atoms with E-state index in [0.717, 1.165) is 5.56 Å². The zero-order valence-electron chi connectivity index (χ0n) is 14.2. The van der Waals surface area contributed by atoms with Gasteiger partial charge >= 0.3 is 0 Å². The molecule has 7 nitrogen and oxygen atoms in total. The first-order valence-corrected chi connectivity index (χ1v) is 8.08. The maximum atomic E-state index is 12.5. The van der Waals surface area contributed by atoms with Gasteiger partial charge in [-0.05, 0) is 24.3 Å². The number of amides is 1. The third kappa shape index (κ3) is 3.78. The smallest absolute Gasteiger partial charge is 0.259 e. The normalized spacial score (nSPS) is 10.4. The van der Waals surface area contributed by atoms with Crippen molar-refractivity contribution in [3.63, 3.8) is 0 Å². The molecule has 1 heterocycles. The van der Waals surface area contributed by atoms with Gasteiger partial charge in [-0.3, -0.25) is 4.79 Å². The maximum Gasteiger partial charge on any atom is 0.259 e. The standard InChI is InChI=1S/C18H16ClN3O4/c1-24-13-7-4-8-14(25-2)16(13)18(23)20-10-15-21-17(22-26-15)11-5-3-6-12(19)9-11/h3-9H,10H2,1-2H3,(H,20,23). The molecule has 0 fully saturated rings. The number of hydrogen-bond acceptors (Lipinski definition) is 6. The van der Waals surface area contributed by atoms with E-state index in [2.05, 4.69) is 15.5 Å². The van der Waals surface area contributed by atoms with E-state index in [9.17, 15) is 4.79 Å². The van der Waals surface area contributed by atoms with Crippen molar-refractivity contribution >= 4 is 17.5 Å². The van der Waals surface area contributed by atoms with Gasteiger partial charge in [0.15, 0.2) is 0 Å². The number of carbonyl (C=O) groups is 1. The Bertz CT molecular complexity index is 904. The molecule has 26 heavy (non-hydrogen) atoms. The van der Waals surface area contributed by atoms with Gasteiger partial charge in [-0.25, -0.2) is 0 Å². The van der Waals surface area contributed by atoms with Crippen LogP contribution < -0.4 is 14.8 Å². The van der Waals surface area contributed by atoms with E-state index < -0.39 is 0 Å². The molecule has 0 spiro atoms. The highest BCUT2D eigenvalue weighted by Gasteiger charge is 2.19. The van der Waals surface area contributed by atoms with Crippen molar-refractivity contribution in [1.29, 1.82) is 0 Å². The van der Waals surface area contributed by atoms with Crippen LogP contribution in [0.2, 0.25) is 5.02 Å². The Labute approximate surface area is 154 Å². The molecule has 0 aliphatic heterocycles. The molecule has 0 aliphatic carbocycles. The number of rotatable bonds is 6. The number of hydrogen-bond donors (Lipinski definition) is 1. The molecule has 0 atom stereocenters. The fourth-order valence-electron chi connectivity index (χ4n) is 2.39. The molecule has 0 unspecified atom stereocenters. The Kier molecular flexibility index (Phi) is 5.38. The second-order valence-corrected chi connectivity index (χ2v) is 5.68. The Hall–Kier alpha value is -3.06. The van der Waals surface area contributed by atoms with E-state index in [0.29, 0.717) is 27.9 Å². The molecule has 1 N–H and O–H groups in total. The maximum absolute atomic E-state index is 12.5. The van der Waals surface area contributed by atoms with E-state index in [1.807, 2.05) is 6.07 Å². The summed E-state index contributed by atoms with van der Waals surface area (Å²) in [6, 6.07) is 12.2. The molecule has 0 aliphatic rings. The highest BCUT2D eigenvalue weighted by atomic mass is 35.5. The Morgan fingerprint density at radius 2 is 1.85 bits per heavy atom. The number of halogens is 1. The predicted octanol–water partition coefficient (Wildman–Crippen LogP) is 3.34. The highest BCUT2D eigenvalue weighted by Crippen LogP contribution is 2.28. The average molecular weight is 374 g/mol. The van der Waals surface area contributed by atoms with Crippen molar-refractivity contribution in [2.45, 2.75) is 6.54 Å². The van der Waals surface area contributed by atoms with E-state index in [1.54, 1.807) is 36.4 Å². The average Bonchev–Trinajstić information content (AvgIpc) is 3.14. The number of ether oxygens (including phenoxy) is 2. The van der Waals surface area contributed by atoms with Crippen LogP contribution in [0.1, 0.15) is 16.2 Å². The molecule has 2 aromatic carbocycles. The van der Waals surface area contributed by atoms with Crippen molar-refractivity contribution in [2.75, 3.05) is 14.2 Å². The summed E-state index contributed by atoms with van der Waals surface area (Å²) in [6.07, 6.45) is 0. The molecule has 3 rings (SSSR count). The van der Waals surface area contributed by atoms with Gasteiger partial charge in [-0.1, -0.05) is 35.0 Å². The lowest BCUT2D eigenvalue weighted by Crippen LogP contribution is -2.24. The molecule has 3 aromatic rings. The predicted molar refractivity (Wildman–Crippen MR) is 95.5 cm³/mol. The van der Waals surface area contributed by atoms with Crippen molar-refractivity contribution < 1.29 is 18.8 Å². The third-order valence-electron chi connectivity index (χ3n) is 3.61. The summed E-state index contributed by atoms with van der Waals surface area (Å²) in [5, 5.41) is 7.19. The van der Waals surface area contributed by atoms with E-state index in [1.165, 1.54) is 14.2 Å².